The molecule has 3 aliphatic carbocycles. The number of hydrogen-bond donors (Lipinski definition) is 1. The molecular weight excluding hydrogens is 276 g/mol. The predicted molar refractivity (Wildman–Crippen MR) is 84.0 cm³/mol. The number of carbonyl (C=O) groups excluding carboxylic acids is 2. The third kappa shape index (κ3) is 2.03. The van der Waals surface area contributed by atoms with Crippen molar-refractivity contribution in [3.63, 3.8) is 0 Å². The Morgan fingerprint density at radius 1 is 1.27 bits per heavy atom. The number of amides is 2. The Bertz CT molecular complexity index is 509. The van der Waals surface area contributed by atoms with Gasteiger partial charge in [0.1, 0.15) is 6.04 Å². The minimum Gasteiger partial charge on any atom is -0.352 e. The zero-order valence-electron chi connectivity index (χ0n) is 13.3. The number of rotatable bonds is 4. The van der Waals surface area contributed by atoms with E-state index in [-0.39, 0.29) is 23.8 Å². The molecule has 2 amide bonds. The summed E-state index contributed by atoms with van der Waals surface area (Å²) in [4.78, 5) is 27.1. The van der Waals surface area contributed by atoms with Crippen molar-refractivity contribution in [2.75, 3.05) is 0 Å². The molecular formula is C18H26N2O2. The van der Waals surface area contributed by atoms with Crippen molar-refractivity contribution >= 4 is 11.8 Å². The largest absolute Gasteiger partial charge is 0.352 e. The Kier molecular flexibility index (Phi) is 3.50. The van der Waals surface area contributed by atoms with Gasteiger partial charge in [0.15, 0.2) is 0 Å². The lowest BCUT2D eigenvalue weighted by Crippen LogP contribution is -2.68. The molecule has 5 atom stereocenters. The van der Waals surface area contributed by atoms with Crippen LogP contribution in [-0.4, -0.2) is 34.8 Å². The van der Waals surface area contributed by atoms with Crippen LogP contribution in [0.5, 0.6) is 0 Å². The van der Waals surface area contributed by atoms with Crippen LogP contribution in [0.1, 0.15) is 51.9 Å². The average Bonchev–Trinajstić information content (AvgIpc) is 3.11. The lowest BCUT2D eigenvalue weighted by atomic mass is 9.77. The third-order valence-corrected chi connectivity index (χ3v) is 6.26. The van der Waals surface area contributed by atoms with Crippen molar-refractivity contribution < 1.29 is 9.59 Å². The summed E-state index contributed by atoms with van der Waals surface area (Å²) in [7, 11) is 0. The minimum atomic E-state index is -0.261. The number of fused-ring (bicyclic) bond motifs is 5. The molecule has 1 heterocycles. The SMILES string of the molecule is CCC(C(=O)NC1CCCCC1)N1C(=O)[C@H]2[C@@H]1[C@@H]1C=C[C@H]2C1. The van der Waals surface area contributed by atoms with Gasteiger partial charge in [0, 0.05) is 6.04 Å². The Labute approximate surface area is 132 Å². The van der Waals surface area contributed by atoms with Crippen LogP contribution in [0.15, 0.2) is 12.2 Å². The van der Waals surface area contributed by atoms with Crippen molar-refractivity contribution in [1.29, 1.82) is 0 Å². The van der Waals surface area contributed by atoms with Crippen LogP contribution >= 0.6 is 0 Å². The van der Waals surface area contributed by atoms with Gasteiger partial charge >= 0.3 is 0 Å². The van der Waals surface area contributed by atoms with Gasteiger partial charge in [-0.05, 0) is 37.5 Å². The van der Waals surface area contributed by atoms with E-state index in [9.17, 15) is 9.59 Å². The zero-order valence-corrected chi connectivity index (χ0v) is 13.3. The number of nitrogens with zero attached hydrogens (tertiary/aromatic N) is 1. The fraction of sp³-hybridized carbons (Fsp3) is 0.778. The number of nitrogens with one attached hydrogen (secondary N) is 1. The van der Waals surface area contributed by atoms with Crippen LogP contribution in [0, 0.1) is 17.8 Å². The summed E-state index contributed by atoms with van der Waals surface area (Å²) in [5.41, 5.74) is 0. The van der Waals surface area contributed by atoms with Crippen molar-refractivity contribution in [3.05, 3.63) is 12.2 Å². The molecule has 2 saturated carbocycles. The molecule has 0 radical (unpaired) electrons. The third-order valence-electron chi connectivity index (χ3n) is 6.26. The van der Waals surface area contributed by atoms with E-state index < -0.39 is 0 Å². The maximum atomic E-state index is 12.7. The highest BCUT2D eigenvalue weighted by molar-refractivity contribution is 5.94. The fourth-order valence-electron chi connectivity index (χ4n) is 5.16. The topological polar surface area (TPSA) is 49.4 Å². The van der Waals surface area contributed by atoms with E-state index >= 15 is 0 Å². The van der Waals surface area contributed by atoms with E-state index in [0.29, 0.717) is 30.3 Å². The average molecular weight is 302 g/mol. The molecule has 4 aliphatic rings. The first-order chi connectivity index (χ1) is 10.7. The van der Waals surface area contributed by atoms with E-state index in [0.717, 1.165) is 19.3 Å². The smallest absolute Gasteiger partial charge is 0.243 e. The molecule has 0 aromatic heterocycles. The molecule has 0 aromatic rings. The molecule has 1 aliphatic heterocycles. The first-order valence-electron chi connectivity index (χ1n) is 9.01. The highest BCUT2D eigenvalue weighted by Gasteiger charge is 2.62. The first kappa shape index (κ1) is 14.3. The molecule has 0 aromatic carbocycles. The van der Waals surface area contributed by atoms with E-state index in [2.05, 4.69) is 17.5 Å². The van der Waals surface area contributed by atoms with Crippen LogP contribution in [0.3, 0.4) is 0 Å². The molecule has 3 fully saturated rings. The summed E-state index contributed by atoms with van der Waals surface area (Å²) in [6.07, 6.45) is 12.2. The second kappa shape index (κ2) is 5.39. The number of allylic oxidation sites excluding steroid dienone is 1. The Morgan fingerprint density at radius 3 is 2.73 bits per heavy atom. The van der Waals surface area contributed by atoms with Gasteiger partial charge < -0.3 is 10.2 Å². The lowest BCUT2D eigenvalue weighted by Gasteiger charge is -2.51. The highest BCUT2D eigenvalue weighted by atomic mass is 16.2. The van der Waals surface area contributed by atoms with Gasteiger partial charge in [0.2, 0.25) is 11.8 Å². The van der Waals surface area contributed by atoms with Crippen molar-refractivity contribution in [1.82, 2.24) is 10.2 Å². The summed E-state index contributed by atoms with van der Waals surface area (Å²) >= 11 is 0. The minimum absolute atomic E-state index is 0.0768. The quantitative estimate of drug-likeness (QED) is 0.639. The zero-order chi connectivity index (χ0) is 15.3. The van der Waals surface area contributed by atoms with Crippen molar-refractivity contribution in [2.45, 2.75) is 70.0 Å². The van der Waals surface area contributed by atoms with Crippen LogP contribution in [0.4, 0.5) is 0 Å². The Morgan fingerprint density at radius 2 is 2.00 bits per heavy atom. The maximum absolute atomic E-state index is 12.7. The van der Waals surface area contributed by atoms with Gasteiger partial charge in [-0.2, -0.15) is 0 Å². The second-order valence-electron chi connectivity index (χ2n) is 7.48. The molecule has 120 valence electrons. The molecule has 1 saturated heterocycles. The van der Waals surface area contributed by atoms with Gasteiger partial charge in [-0.25, -0.2) is 0 Å². The summed E-state index contributed by atoms with van der Waals surface area (Å²) in [6, 6.07) is 0.357. The normalized spacial score (nSPS) is 37.9. The van der Waals surface area contributed by atoms with E-state index in [1.807, 2.05) is 11.8 Å². The fourth-order valence-corrected chi connectivity index (χ4v) is 5.16. The summed E-state index contributed by atoms with van der Waals surface area (Å²) < 4.78 is 0. The lowest BCUT2D eigenvalue weighted by molar-refractivity contribution is -0.166. The maximum Gasteiger partial charge on any atom is 0.243 e. The summed E-state index contributed by atoms with van der Waals surface area (Å²) in [5, 5.41) is 3.21. The second-order valence-corrected chi connectivity index (χ2v) is 7.48. The van der Waals surface area contributed by atoms with E-state index in [4.69, 9.17) is 0 Å². The number of likely N-dealkylation sites (tertiary alicyclic amines) is 1. The molecule has 4 nitrogen and oxygen atoms in total. The van der Waals surface area contributed by atoms with Gasteiger partial charge in [-0.3, -0.25) is 9.59 Å². The predicted octanol–water partition coefficient (Wildman–Crippen LogP) is 2.25. The summed E-state index contributed by atoms with van der Waals surface area (Å²) in [5.74, 6) is 1.40. The van der Waals surface area contributed by atoms with Crippen LogP contribution in [0.25, 0.3) is 0 Å². The monoisotopic (exact) mass is 302 g/mol. The molecule has 1 N–H and O–H groups in total. The molecule has 22 heavy (non-hydrogen) atoms. The van der Waals surface area contributed by atoms with Gasteiger partial charge in [-0.1, -0.05) is 38.3 Å². The first-order valence-corrected chi connectivity index (χ1v) is 9.01. The molecule has 4 rings (SSSR count). The number of carbonyl (C=O) groups is 2. The summed E-state index contributed by atoms with van der Waals surface area (Å²) in [6.45, 7) is 2.02. The molecule has 4 heteroatoms. The van der Waals surface area contributed by atoms with Crippen molar-refractivity contribution in [3.8, 4) is 0 Å². The van der Waals surface area contributed by atoms with Crippen LogP contribution in [-0.2, 0) is 9.59 Å². The molecule has 1 unspecified atom stereocenters. The number of hydrogen-bond acceptors (Lipinski definition) is 2. The standard InChI is InChI=1S/C18H26N2O2/c1-2-14(17(21)19-13-6-4-3-5-7-13)20-16-12-9-8-11(10-12)15(16)18(20)22/h8-9,11-16H,2-7,10H2,1H3,(H,19,21)/t11-,12+,14?,15+,16-/m0/s1. The van der Waals surface area contributed by atoms with E-state index in [1.54, 1.807) is 0 Å². The number of β-lactam (4-membered cyclic amide) rings is 1. The van der Waals surface area contributed by atoms with Crippen LogP contribution in [0.2, 0.25) is 0 Å². The molecule has 0 spiro atoms. The highest BCUT2D eigenvalue weighted by Crippen LogP contribution is 2.53. The Balaban J connectivity index is 1.44. The van der Waals surface area contributed by atoms with Crippen LogP contribution < -0.4 is 5.32 Å². The van der Waals surface area contributed by atoms with Gasteiger partial charge in [0.05, 0.1) is 12.0 Å². The van der Waals surface area contributed by atoms with Gasteiger partial charge in [-0.15, -0.1) is 0 Å². The van der Waals surface area contributed by atoms with Crippen molar-refractivity contribution in [2.24, 2.45) is 17.8 Å². The molecule has 2 bridgehead atoms. The Hall–Kier alpha value is -1.32. The van der Waals surface area contributed by atoms with Gasteiger partial charge in [0.25, 0.3) is 0 Å². The van der Waals surface area contributed by atoms with E-state index in [1.165, 1.54) is 19.3 Å².